The maximum atomic E-state index is 14.4. The number of nitrogens with zero attached hydrogens (tertiary/aromatic N) is 4. The van der Waals surface area contributed by atoms with Gasteiger partial charge in [0.15, 0.2) is 11.1 Å². The average Bonchev–Trinajstić information content (AvgIpc) is 3.38. The van der Waals surface area contributed by atoms with Gasteiger partial charge in [-0.1, -0.05) is 0 Å². The van der Waals surface area contributed by atoms with Gasteiger partial charge in [0.05, 0.1) is 25.0 Å². The summed E-state index contributed by atoms with van der Waals surface area (Å²) in [6.07, 6.45) is 5.09. The molecule has 11 heteroatoms. The quantitative estimate of drug-likeness (QED) is 0.378. The minimum Gasteiger partial charge on any atom is -0.497 e. The Hall–Kier alpha value is -4.15. The number of hydrogen-bond acceptors (Lipinski definition) is 7. The van der Waals surface area contributed by atoms with Crippen LogP contribution in [0.25, 0.3) is 11.7 Å². The first-order valence-corrected chi connectivity index (χ1v) is 9.56. The van der Waals surface area contributed by atoms with E-state index in [4.69, 9.17) is 4.74 Å². The van der Waals surface area contributed by atoms with Crippen molar-refractivity contribution in [3.05, 3.63) is 63.2 Å². The van der Waals surface area contributed by atoms with Crippen molar-refractivity contribution in [3.63, 3.8) is 0 Å². The molecule has 31 heavy (non-hydrogen) atoms. The fraction of sp³-hybridized carbons (Fsp3) is 0.200. The highest BCUT2D eigenvalue weighted by Gasteiger charge is 2.20. The van der Waals surface area contributed by atoms with Gasteiger partial charge in [0.2, 0.25) is 5.88 Å². The van der Waals surface area contributed by atoms with Gasteiger partial charge in [0.25, 0.3) is 0 Å². The van der Waals surface area contributed by atoms with Crippen molar-refractivity contribution in [3.8, 4) is 11.6 Å². The molecule has 0 amide bonds. The lowest BCUT2D eigenvalue weighted by Gasteiger charge is -2.09. The smallest absolute Gasteiger partial charge is 0.326 e. The van der Waals surface area contributed by atoms with E-state index in [1.807, 2.05) is 0 Å². The Labute approximate surface area is 173 Å². The number of anilines is 2. The largest absolute Gasteiger partial charge is 0.497 e. The molecule has 1 aromatic carbocycles. The van der Waals surface area contributed by atoms with Crippen LogP contribution in [0.5, 0.6) is 11.6 Å². The Balaban J connectivity index is 1.65. The van der Waals surface area contributed by atoms with Gasteiger partial charge in [-0.05, 0) is 31.1 Å². The van der Waals surface area contributed by atoms with Gasteiger partial charge in [-0.3, -0.25) is 9.98 Å². The predicted molar refractivity (Wildman–Crippen MR) is 110 cm³/mol. The second kappa shape index (κ2) is 7.27. The van der Waals surface area contributed by atoms with E-state index >= 15 is 0 Å². The van der Waals surface area contributed by atoms with Gasteiger partial charge >= 0.3 is 5.69 Å². The summed E-state index contributed by atoms with van der Waals surface area (Å²) in [6, 6.07) is 6.39. The van der Waals surface area contributed by atoms with Crippen LogP contribution < -0.4 is 26.4 Å². The Morgan fingerprint density at radius 3 is 2.87 bits per heavy atom. The topological polar surface area (TPSA) is 133 Å². The van der Waals surface area contributed by atoms with Crippen LogP contribution in [0, 0.1) is 5.82 Å². The van der Waals surface area contributed by atoms with Crippen LogP contribution in [0.1, 0.15) is 18.5 Å². The van der Waals surface area contributed by atoms with Crippen molar-refractivity contribution in [2.24, 2.45) is 4.99 Å². The molecule has 0 unspecified atom stereocenters. The summed E-state index contributed by atoms with van der Waals surface area (Å²) in [6.45, 7) is 0. The third kappa shape index (κ3) is 3.72. The second-order valence-corrected chi connectivity index (χ2v) is 7.15. The van der Waals surface area contributed by atoms with E-state index in [-0.39, 0.29) is 23.3 Å². The number of rotatable bonds is 5. The highest BCUT2D eigenvalue weighted by Crippen LogP contribution is 2.24. The number of halogens is 1. The third-order valence-electron chi connectivity index (χ3n) is 4.82. The molecule has 10 nitrogen and oxygen atoms in total. The van der Waals surface area contributed by atoms with E-state index < -0.39 is 11.5 Å². The highest BCUT2D eigenvalue weighted by atomic mass is 19.1. The fourth-order valence-corrected chi connectivity index (χ4v) is 3.12. The number of aromatic hydroxyl groups is 1. The van der Waals surface area contributed by atoms with E-state index in [2.05, 4.69) is 30.4 Å². The average molecular weight is 423 g/mol. The summed E-state index contributed by atoms with van der Waals surface area (Å²) in [5, 5.41) is 17.7. The van der Waals surface area contributed by atoms with Crippen LogP contribution in [0.3, 0.4) is 0 Å². The molecule has 1 fully saturated rings. The second-order valence-electron chi connectivity index (χ2n) is 7.15. The van der Waals surface area contributed by atoms with Gasteiger partial charge in [-0.2, -0.15) is 9.61 Å². The molecule has 0 aliphatic heterocycles. The van der Waals surface area contributed by atoms with Gasteiger partial charge in [0, 0.05) is 17.4 Å². The number of methoxy groups -OCH3 is 1. The molecule has 1 saturated carbocycles. The van der Waals surface area contributed by atoms with E-state index in [0.717, 1.165) is 12.8 Å². The van der Waals surface area contributed by atoms with E-state index in [1.54, 1.807) is 35.0 Å². The van der Waals surface area contributed by atoms with Crippen LogP contribution in [-0.4, -0.2) is 42.8 Å². The predicted octanol–water partition coefficient (Wildman–Crippen LogP) is 0.953. The van der Waals surface area contributed by atoms with Crippen molar-refractivity contribution in [1.82, 2.24) is 24.6 Å². The van der Waals surface area contributed by atoms with Crippen molar-refractivity contribution in [2.75, 3.05) is 12.4 Å². The number of benzene rings is 1. The van der Waals surface area contributed by atoms with E-state index in [1.165, 1.54) is 13.2 Å². The Kier molecular flexibility index (Phi) is 4.42. The van der Waals surface area contributed by atoms with Gasteiger partial charge in [0.1, 0.15) is 23.1 Å². The number of aromatic amines is 2. The minimum absolute atomic E-state index is 0.196. The molecule has 0 spiro atoms. The van der Waals surface area contributed by atoms with Gasteiger partial charge in [-0.25, -0.2) is 14.2 Å². The zero-order valence-corrected chi connectivity index (χ0v) is 16.4. The molecule has 0 radical (unpaired) electrons. The van der Waals surface area contributed by atoms with Crippen LogP contribution in [0.15, 0.2) is 40.2 Å². The first-order valence-electron chi connectivity index (χ1n) is 9.56. The molecule has 5 rings (SSSR count). The van der Waals surface area contributed by atoms with Crippen molar-refractivity contribution < 1.29 is 14.2 Å². The highest BCUT2D eigenvalue weighted by molar-refractivity contribution is 5.62. The van der Waals surface area contributed by atoms with Gasteiger partial charge in [-0.15, -0.1) is 0 Å². The minimum atomic E-state index is -0.532. The lowest BCUT2D eigenvalue weighted by Crippen LogP contribution is -2.20. The SMILES string of the molecule is COc1ccc(Nc2cc(=NC3CC3)n3nc/c(=C\c4[nH]c(=O)[nH]c4O)c3n2)c(F)c1. The summed E-state index contributed by atoms with van der Waals surface area (Å²) in [4.78, 5) is 25.4. The number of fused-ring (bicyclic) bond motifs is 1. The summed E-state index contributed by atoms with van der Waals surface area (Å²) in [5.74, 6) is 0.000377. The molecular formula is C20H18FN7O3. The molecule has 1 aliphatic rings. The molecule has 0 saturated heterocycles. The van der Waals surface area contributed by atoms with Crippen molar-refractivity contribution >= 4 is 23.2 Å². The Morgan fingerprint density at radius 2 is 2.19 bits per heavy atom. The van der Waals surface area contributed by atoms with Crippen molar-refractivity contribution in [2.45, 2.75) is 18.9 Å². The van der Waals surface area contributed by atoms with Gasteiger partial charge < -0.3 is 20.1 Å². The maximum absolute atomic E-state index is 14.4. The van der Waals surface area contributed by atoms with Crippen LogP contribution in [0.2, 0.25) is 0 Å². The van der Waals surface area contributed by atoms with Crippen LogP contribution >= 0.6 is 0 Å². The summed E-state index contributed by atoms with van der Waals surface area (Å²) >= 11 is 0. The van der Waals surface area contributed by atoms with E-state index in [9.17, 15) is 14.3 Å². The monoisotopic (exact) mass is 423 g/mol. The molecular weight excluding hydrogens is 405 g/mol. The Bertz CT molecular complexity index is 1470. The molecule has 0 atom stereocenters. The molecule has 0 bridgehead atoms. The van der Waals surface area contributed by atoms with Crippen LogP contribution in [0.4, 0.5) is 15.9 Å². The number of ether oxygens (including phenoxy) is 1. The first-order chi connectivity index (χ1) is 15.0. The van der Waals surface area contributed by atoms with E-state index in [0.29, 0.717) is 27.9 Å². The van der Waals surface area contributed by atoms with Crippen LogP contribution in [-0.2, 0) is 0 Å². The lowest BCUT2D eigenvalue weighted by molar-refractivity contribution is 0.411. The summed E-state index contributed by atoms with van der Waals surface area (Å²) in [5.41, 5.74) is 0.889. The lowest BCUT2D eigenvalue weighted by atomic mass is 10.3. The molecule has 4 N–H and O–H groups in total. The summed E-state index contributed by atoms with van der Waals surface area (Å²) in [7, 11) is 1.47. The maximum Gasteiger partial charge on any atom is 0.326 e. The third-order valence-corrected chi connectivity index (χ3v) is 4.82. The number of hydrogen-bond donors (Lipinski definition) is 4. The fourth-order valence-electron chi connectivity index (χ4n) is 3.12. The Morgan fingerprint density at radius 1 is 1.35 bits per heavy atom. The number of aromatic nitrogens is 5. The molecule has 3 aromatic heterocycles. The number of nitrogens with one attached hydrogen (secondary N) is 3. The standard InChI is InChI=1S/C20H18FN7O3/c1-31-12-4-5-14(13(21)7-12)24-16-8-17(23-11-2-3-11)28-18(26-16)10(9-22-28)6-15-19(29)27-20(30)25-15/h4-9,11,24,29H,2-3H2,1H3,(H2,25,27,30)/b10-6+,23-17?. The van der Waals surface area contributed by atoms with Crippen molar-refractivity contribution in [1.29, 1.82) is 0 Å². The molecule has 158 valence electrons. The first kappa shape index (κ1) is 18.9. The molecule has 3 heterocycles. The number of imidazole rings is 1. The number of H-pyrrole nitrogens is 2. The molecule has 1 aliphatic carbocycles. The molecule has 4 aromatic rings. The summed E-state index contributed by atoms with van der Waals surface area (Å²) < 4.78 is 21.0. The zero-order chi connectivity index (χ0) is 21.5. The normalized spacial score (nSPS) is 15.0. The zero-order valence-electron chi connectivity index (χ0n) is 16.4.